The Hall–Kier alpha value is -2.26. The van der Waals surface area contributed by atoms with Gasteiger partial charge >= 0.3 is 0 Å². The molecule has 0 unspecified atom stereocenters. The van der Waals surface area contributed by atoms with Gasteiger partial charge in [0.2, 0.25) is 0 Å². The van der Waals surface area contributed by atoms with Crippen LogP contribution < -0.4 is 9.47 Å². The first-order chi connectivity index (χ1) is 12.2. The second kappa shape index (κ2) is 9.90. The normalized spacial score (nSPS) is 9.92. The van der Waals surface area contributed by atoms with Gasteiger partial charge in [0.25, 0.3) is 0 Å². The minimum absolute atomic E-state index is 0.928. The van der Waals surface area contributed by atoms with E-state index in [4.69, 9.17) is 9.47 Å². The van der Waals surface area contributed by atoms with Gasteiger partial charge in [0.1, 0.15) is 11.5 Å². The summed E-state index contributed by atoms with van der Waals surface area (Å²) in [6.45, 7) is 4.32. The quantitative estimate of drug-likeness (QED) is 0.539. The molecule has 0 atom stereocenters. The molecule has 2 aromatic carbocycles. The number of benzene rings is 2. The van der Waals surface area contributed by atoms with Gasteiger partial charge in [0, 0.05) is 10.4 Å². The summed E-state index contributed by atoms with van der Waals surface area (Å²) in [6.07, 6.45) is 2.18. The Morgan fingerprint density at radius 1 is 0.800 bits per heavy atom. The van der Waals surface area contributed by atoms with Crippen LogP contribution in [-0.2, 0) is 12.8 Å². The van der Waals surface area contributed by atoms with Crippen LogP contribution in [-0.4, -0.2) is 14.2 Å². The molecule has 1 heterocycles. The number of ether oxygens (including phenoxy) is 2. The Morgan fingerprint density at radius 2 is 1.48 bits per heavy atom. The molecule has 0 bridgehead atoms. The molecule has 0 spiro atoms. The first-order valence-corrected chi connectivity index (χ1v) is 9.43. The summed E-state index contributed by atoms with van der Waals surface area (Å²) in [7, 11) is 3.40. The lowest BCUT2D eigenvalue weighted by atomic mass is 10.1. The highest BCUT2D eigenvalue weighted by atomic mass is 32.1. The number of rotatable bonds is 5. The molecule has 0 N–H and O–H groups in total. The van der Waals surface area contributed by atoms with Crippen LogP contribution in [0, 0.1) is 0 Å². The van der Waals surface area contributed by atoms with Crippen LogP contribution in [0.5, 0.6) is 11.5 Å². The molecular weight excluding hydrogens is 328 g/mol. The molecular formula is C22H26O2S. The third-order valence-corrected chi connectivity index (χ3v) is 5.01. The zero-order valence-corrected chi connectivity index (χ0v) is 16.2. The average molecular weight is 355 g/mol. The highest BCUT2D eigenvalue weighted by Crippen LogP contribution is 2.34. The molecule has 0 saturated carbocycles. The van der Waals surface area contributed by atoms with Crippen molar-refractivity contribution < 1.29 is 9.47 Å². The van der Waals surface area contributed by atoms with Crippen LogP contribution in [0.3, 0.4) is 0 Å². The van der Waals surface area contributed by atoms with E-state index < -0.39 is 0 Å². The molecule has 3 aromatic rings. The van der Waals surface area contributed by atoms with Crippen molar-refractivity contribution in [3.05, 3.63) is 71.1 Å². The van der Waals surface area contributed by atoms with Crippen molar-refractivity contribution in [1.29, 1.82) is 0 Å². The van der Waals surface area contributed by atoms with Crippen molar-refractivity contribution in [1.82, 2.24) is 0 Å². The fraction of sp³-hybridized carbons (Fsp3) is 0.273. The molecule has 3 rings (SSSR count). The second-order valence-corrected chi connectivity index (χ2v) is 6.49. The lowest BCUT2D eigenvalue weighted by Crippen LogP contribution is -1.85. The molecule has 0 saturated heterocycles. The molecule has 3 heteroatoms. The Morgan fingerprint density at radius 3 is 2.04 bits per heavy atom. The van der Waals surface area contributed by atoms with Gasteiger partial charge in [-0.15, -0.1) is 11.3 Å². The van der Waals surface area contributed by atoms with Crippen molar-refractivity contribution in [2.24, 2.45) is 0 Å². The number of hydrogen-bond acceptors (Lipinski definition) is 3. The Kier molecular flexibility index (Phi) is 7.55. The molecule has 0 aliphatic rings. The molecule has 0 fully saturated rings. The lowest BCUT2D eigenvalue weighted by molar-refractivity contribution is 0.414. The monoisotopic (exact) mass is 354 g/mol. The first kappa shape index (κ1) is 19.1. The standard InChI is InChI=1S/C13H14OS.C9H12O/c1-3-10-8-13(15-9-10)11-6-4-5-7-12(11)14-2;1-3-8-4-6-9(10-2)7-5-8/h4-9H,3H2,1-2H3;4-7H,3H2,1-2H3. The van der Waals surface area contributed by atoms with Gasteiger partial charge in [-0.05, 0) is 59.7 Å². The maximum absolute atomic E-state index is 5.35. The third kappa shape index (κ3) is 5.36. The van der Waals surface area contributed by atoms with Crippen LogP contribution in [0.1, 0.15) is 25.0 Å². The number of aryl methyl sites for hydroxylation is 2. The highest BCUT2D eigenvalue weighted by molar-refractivity contribution is 7.13. The van der Waals surface area contributed by atoms with E-state index in [0.29, 0.717) is 0 Å². The molecule has 132 valence electrons. The van der Waals surface area contributed by atoms with Crippen molar-refractivity contribution in [2.45, 2.75) is 26.7 Å². The van der Waals surface area contributed by atoms with E-state index in [1.165, 1.54) is 21.6 Å². The topological polar surface area (TPSA) is 18.5 Å². The van der Waals surface area contributed by atoms with E-state index >= 15 is 0 Å². The Balaban J connectivity index is 0.000000196. The summed E-state index contributed by atoms with van der Waals surface area (Å²) >= 11 is 1.78. The third-order valence-electron chi connectivity index (χ3n) is 4.00. The summed E-state index contributed by atoms with van der Waals surface area (Å²) in [6, 6.07) is 18.5. The summed E-state index contributed by atoms with van der Waals surface area (Å²) in [5.74, 6) is 1.87. The Bertz CT molecular complexity index is 737. The van der Waals surface area contributed by atoms with Crippen molar-refractivity contribution >= 4 is 11.3 Å². The minimum Gasteiger partial charge on any atom is -0.497 e. The molecule has 0 amide bonds. The SMILES string of the molecule is CCc1ccc(OC)cc1.CCc1csc(-c2ccccc2OC)c1. The van der Waals surface area contributed by atoms with Crippen molar-refractivity contribution in [2.75, 3.05) is 14.2 Å². The maximum Gasteiger partial charge on any atom is 0.127 e. The van der Waals surface area contributed by atoms with Crippen molar-refractivity contribution in [3.8, 4) is 21.9 Å². The Labute approximate surface area is 155 Å². The summed E-state index contributed by atoms with van der Waals surface area (Å²) < 4.78 is 10.4. The van der Waals surface area contributed by atoms with E-state index in [1.807, 2.05) is 30.3 Å². The second-order valence-electron chi connectivity index (χ2n) is 5.57. The summed E-state index contributed by atoms with van der Waals surface area (Å²) in [4.78, 5) is 1.28. The smallest absolute Gasteiger partial charge is 0.127 e. The first-order valence-electron chi connectivity index (χ1n) is 8.55. The maximum atomic E-state index is 5.35. The molecule has 1 aromatic heterocycles. The zero-order chi connectivity index (χ0) is 18.1. The van der Waals surface area contributed by atoms with Gasteiger partial charge in [-0.25, -0.2) is 0 Å². The number of para-hydroxylation sites is 1. The largest absolute Gasteiger partial charge is 0.497 e. The van der Waals surface area contributed by atoms with E-state index in [9.17, 15) is 0 Å². The van der Waals surface area contributed by atoms with Crippen LogP contribution in [0.2, 0.25) is 0 Å². The number of hydrogen-bond donors (Lipinski definition) is 0. The molecule has 2 nitrogen and oxygen atoms in total. The molecule has 0 aliphatic carbocycles. The van der Waals surface area contributed by atoms with Gasteiger partial charge in [-0.3, -0.25) is 0 Å². The predicted molar refractivity (Wildman–Crippen MR) is 108 cm³/mol. The van der Waals surface area contributed by atoms with Gasteiger partial charge < -0.3 is 9.47 Å². The molecule has 25 heavy (non-hydrogen) atoms. The predicted octanol–water partition coefficient (Wildman–Crippen LogP) is 6.24. The van der Waals surface area contributed by atoms with Gasteiger partial charge in [0.15, 0.2) is 0 Å². The average Bonchev–Trinajstić information content (AvgIpc) is 3.17. The van der Waals surface area contributed by atoms with Crippen LogP contribution in [0.25, 0.3) is 10.4 Å². The fourth-order valence-electron chi connectivity index (χ4n) is 2.41. The van der Waals surface area contributed by atoms with E-state index in [1.54, 1.807) is 25.6 Å². The summed E-state index contributed by atoms with van der Waals surface area (Å²) in [5.41, 5.74) is 3.92. The van der Waals surface area contributed by atoms with Crippen LogP contribution in [0.4, 0.5) is 0 Å². The number of methoxy groups -OCH3 is 2. The van der Waals surface area contributed by atoms with Crippen molar-refractivity contribution in [3.63, 3.8) is 0 Å². The highest BCUT2D eigenvalue weighted by Gasteiger charge is 2.06. The summed E-state index contributed by atoms with van der Waals surface area (Å²) in [5, 5.41) is 2.21. The lowest BCUT2D eigenvalue weighted by Gasteiger charge is -2.05. The molecule has 0 aliphatic heterocycles. The van der Waals surface area contributed by atoms with E-state index in [2.05, 4.69) is 43.5 Å². The van der Waals surface area contributed by atoms with Gasteiger partial charge in [0.05, 0.1) is 14.2 Å². The van der Waals surface area contributed by atoms with E-state index in [-0.39, 0.29) is 0 Å². The molecule has 0 radical (unpaired) electrons. The fourth-order valence-corrected chi connectivity index (χ4v) is 3.44. The minimum atomic E-state index is 0.928. The number of thiophene rings is 1. The van der Waals surface area contributed by atoms with Gasteiger partial charge in [-0.2, -0.15) is 0 Å². The zero-order valence-electron chi connectivity index (χ0n) is 15.4. The van der Waals surface area contributed by atoms with E-state index in [0.717, 1.165) is 24.3 Å². The van der Waals surface area contributed by atoms with Crippen LogP contribution >= 0.6 is 11.3 Å². The van der Waals surface area contributed by atoms with Crippen LogP contribution in [0.15, 0.2) is 60.0 Å². The van der Waals surface area contributed by atoms with Gasteiger partial charge in [-0.1, -0.05) is 38.1 Å².